The second-order valence-electron chi connectivity index (χ2n) is 4.12. The fraction of sp³-hybridized carbons (Fsp3) is 0.143. The summed E-state index contributed by atoms with van der Waals surface area (Å²) < 4.78 is 27.6. The molecule has 0 aliphatic rings. The number of carbonyl (C=O) groups excluding carboxylic acids is 1. The molecule has 2 aromatic rings. The molecule has 2 nitrogen and oxygen atoms in total. The Morgan fingerprint density at radius 2 is 1.83 bits per heavy atom. The molecule has 0 N–H and O–H groups in total. The predicted molar refractivity (Wildman–Crippen MR) is 64.5 cm³/mol. The van der Waals surface area contributed by atoms with Gasteiger partial charge in [0.05, 0.1) is 0 Å². The van der Waals surface area contributed by atoms with E-state index in [0.717, 1.165) is 11.6 Å². The van der Waals surface area contributed by atoms with Gasteiger partial charge in [0, 0.05) is 5.56 Å². The van der Waals surface area contributed by atoms with Crippen LogP contribution in [0.3, 0.4) is 0 Å². The van der Waals surface area contributed by atoms with Gasteiger partial charge in [0.15, 0.2) is 6.29 Å². The maximum absolute atomic E-state index is 13.9. The van der Waals surface area contributed by atoms with Gasteiger partial charge in [-0.05, 0) is 43.2 Å². The van der Waals surface area contributed by atoms with Crippen LogP contribution in [0, 0.1) is 25.5 Å². The summed E-state index contributed by atoms with van der Waals surface area (Å²) in [6.45, 7) is 3.44. The summed E-state index contributed by atoms with van der Waals surface area (Å²) in [5.41, 5.74) is 1.38. The zero-order chi connectivity index (χ0) is 13.3. The van der Waals surface area contributed by atoms with E-state index in [1.54, 1.807) is 19.9 Å². The van der Waals surface area contributed by atoms with Crippen molar-refractivity contribution in [3.8, 4) is 11.3 Å². The lowest BCUT2D eigenvalue weighted by Crippen LogP contribution is -1.99. The number of carbonyl (C=O) groups is 1. The van der Waals surface area contributed by atoms with Crippen molar-refractivity contribution < 1.29 is 13.6 Å². The van der Waals surface area contributed by atoms with Crippen molar-refractivity contribution in [3.63, 3.8) is 0 Å². The Morgan fingerprint density at radius 1 is 1.11 bits per heavy atom. The summed E-state index contributed by atoms with van der Waals surface area (Å²) in [5.74, 6) is -1.19. The van der Waals surface area contributed by atoms with Crippen LogP contribution in [0.4, 0.5) is 8.78 Å². The molecular weight excluding hydrogens is 236 g/mol. The molecule has 0 fully saturated rings. The van der Waals surface area contributed by atoms with Gasteiger partial charge >= 0.3 is 0 Å². The van der Waals surface area contributed by atoms with E-state index in [4.69, 9.17) is 0 Å². The normalized spacial score (nSPS) is 10.4. The van der Waals surface area contributed by atoms with Crippen molar-refractivity contribution in [1.82, 2.24) is 4.98 Å². The molecule has 0 spiro atoms. The summed E-state index contributed by atoms with van der Waals surface area (Å²) in [6.07, 6.45) is 0.504. The number of aromatic nitrogens is 1. The average molecular weight is 247 g/mol. The van der Waals surface area contributed by atoms with Crippen LogP contribution in [-0.2, 0) is 0 Å². The Labute approximate surface area is 103 Å². The van der Waals surface area contributed by atoms with Gasteiger partial charge < -0.3 is 0 Å². The second-order valence-corrected chi connectivity index (χ2v) is 4.12. The minimum atomic E-state index is -0.647. The third-order valence-electron chi connectivity index (χ3n) is 2.66. The standard InChI is InChI=1S/C14H11F2NO/c1-8-5-9(2)13(12(16)6-8)14-11(15)4-3-10(7-18)17-14/h3-7H,1-2H3. The van der Waals surface area contributed by atoms with Crippen LogP contribution in [0.2, 0.25) is 0 Å². The number of aryl methyl sites for hydroxylation is 2. The summed E-state index contributed by atoms with van der Waals surface area (Å²) in [4.78, 5) is 14.5. The first-order chi connectivity index (χ1) is 8.52. The molecule has 0 aliphatic carbocycles. The number of nitrogens with zero attached hydrogens (tertiary/aromatic N) is 1. The Hall–Kier alpha value is -2.10. The molecule has 1 aromatic heterocycles. The minimum Gasteiger partial charge on any atom is -0.296 e. The topological polar surface area (TPSA) is 30.0 Å². The first-order valence-corrected chi connectivity index (χ1v) is 5.41. The molecule has 4 heteroatoms. The average Bonchev–Trinajstić information content (AvgIpc) is 2.30. The van der Waals surface area contributed by atoms with Crippen molar-refractivity contribution in [2.45, 2.75) is 13.8 Å². The summed E-state index contributed by atoms with van der Waals surface area (Å²) in [6, 6.07) is 5.43. The SMILES string of the molecule is Cc1cc(C)c(-c2nc(C=O)ccc2F)c(F)c1. The van der Waals surface area contributed by atoms with E-state index in [0.29, 0.717) is 11.8 Å². The van der Waals surface area contributed by atoms with E-state index in [2.05, 4.69) is 4.98 Å². The number of aldehydes is 1. The van der Waals surface area contributed by atoms with Crippen LogP contribution in [-0.4, -0.2) is 11.3 Å². The van der Waals surface area contributed by atoms with Crippen LogP contribution in [0.15, 0.2) is 24.3 Å². The van der Waals surface area contributed by atoms with Crippen LogP contribution in [0.25, 0.3) is 11.3 Å². The summed E-state index contributed by atoms with van der Waals surface area (Å²) >= 11 is 0. The molecule has 0 atom stereocenters. The molecule has 0 bridgehead atoms. The lowest BCUT2D eigenvalue weighted by molar-refractivity contribution is 0.111. The van der Waals surface area contributed by atoms with E-state index >= 15 is 0 Å². The summed E-state index contributed by atoms with van der Waals surface area (Å²) in [7, 11) is 0. The number of pyridine rings is 1. The Bertz CT molecular complexity index is 600. The zero-order valence-corrected chi connectivity index (χ0v) is 10.00. The first kappa shape index (κ1) is 12.4. The Kier molecular flexibility index (Phi) is 3.19. The quantitative estimate of drug-likeness (QED) is 0.761. The van der Waals surface area contributed by atoms with Crippen molar-refractivity contribution in [2.24, 2.45) is 0 Å². The highest BCUT2D eigenvalue weighted by atomic mass is 19.1. The lowest BCUT2D eigenvalue weighted by Gasteiger charge is -2.09. The molecule has 92 valence electrons. The molecular formula is C14H11F2NO. The molecule has 0 saturated carbocycles. The van der Waals surface area contributed by atoms with Crippen molar-refractivity contribution in [3.05, 3.63) is 52.7 Å². The fourth-order valence-electron chi connectivity index (χ4n) is 1.91. The van der Waals surface area contributed by atoms with E-state index < -0.39 is 11.6 Å². The van der Waals surface area contributed by atoms with E-state index in [9.17, 15) is 13.6 Å². The number of hydrogen-bond donors (Lipinski definition) is 0. The van der Waals surface area contributed by atoms with E-state index in [1.165, 1.54) is 12.1 Å². The zero-order valence-electron chi connectivity index (χ0n) is 10.00. The molecule has 0 amide bonds. The third kappa shape index (κ3) is 2.14. The molecule has 2 rings (SSSR count). The fourth-order valence-corrected chi connectivity index (χ4v) is 1.91. The van der Waals surface area contributed by atoms with Gasteiger partial charge in [-0.1, -0.05) is 6.07 Å². The van der Waals surface area contributed by atoms with Gasteiger partial charge in [0.2, 0.25) is 0 Å². The smallest absolute Gasteiger partial charge is 0.168 e. The van der Waals surface area contributed by atoms with Crippen LogP contribution in [0.5, 0.6) is 0 Å². The minimum absolute atomic E-state index is 0.0748. The number of halogens is 2. The molecule has 1 aromatic carbocycles. The van der Waals surface area contributed by atoms with Gasteiger partial charge in [-0.2, -0.15) is 0 Å². The van der Waals surface area contributed by atoms with Crippen molar-refractivity contribution in [1.29, 1.82) is 0 Å². The van der Waals surface area contributed by atoms with Crippen LogP contribution in [0.1, 0.15) is 21.6 Å². The number of hydrogen-bond acceptors (Lipinski definition) is 2. The highest BCUT2D eigenvalue weighted by Crippen LogP contribution is 2.28. The van der Waals surface area contributed by atoms with Gasteiger partial charge in [0.25, 0.3) is 0 Å². The van der Waals surface area contributed by atoms with Crippen LogP contribution < -0.4 is 0 Å². The second kappa shape index (κ2) is 4.64. The monoisotopic (exact) mass is 247 g/mol. The highest BCUT2D eigenvalue weighted by Gasteiger charge is 2.15. The third-order valence-corrected chi connectivity index (χ3v) is 2.66. The van der Waals surface area contributed by atoms with Gasteiger partial charge in [0.1, 0.15) is 23.0 Å². The molecule has 0 saturated heterocycles. The Balaban J connectivity index is 2.72. The van der Waals surface area contributed by atoms with Crippen molar-refractivity contribution in [2.75, 3.05) is 0 Å². The predicted octanol–water partition coefficient (Wildman–Crippen LogP) is 3.46. The molecule has 18 heavy (non-hydrogen) atoms. The largest absolute Gasteiger partial charge is 0.296 e. The maximum atomic E-state index is 13.9. The number of rotatable bonds is 2. The molecule has 0 aliphatic heterocycles. The van der Waals surface area contributed by atoms with E-state index in [1.807, 2.05) is 0 Å². The maximum Gasteiger partial charge on any atom is 0.168 e. The van der Waals surface area contributed by atoms with E-state index in [-0.39, 0.29) is 17.0 Å². The van der Waals surface area contributed by atoms with Gasteiger partial charge in [-0.25, -0.2) is 13.8 Å². The number of benzene rings is 1. The molecule has 0 unspecified atom stereocenters. The lowest BCUT2D eigenvalue weighted by atomic mass is 10.0. The van der Waals surface area contributed by atoms with Crippen molar-refractivity contribution >= 4 is 6.29 Å². The van der Waals surface area contributed by atoms with Crippen LogP contribution >= 0.6 is 0 Å². The van der Waals surface area contributed by atoms with Gasteiger partial charge in [-0.15, -0.1) is 0 Å². The Morgan fingerprint density at radius 3 is 2.44 bits per heavy atom. The molecule has 0 radical (unpaired) electrons. The van der Waals surface area contributed by atoms with Gasteiger partial charge in [-0.3, -0.25) is 4.79 Å². The first-order valence-electron chi connectivity index (χ1n) is 5.41. The highest BCUT2D eigenvalue weighted by molar-refractivity contribution is 5.74. The molecule has 1 heterocycles. The summed E-state index contributed by atoms with van der Waals surface area (Å²) in [5, 5.41) is 0.